The van der Waals surface area contributed by atoms with Crippen molar-refractivity contribution in [3.8, 4) is 0 Å². The fourth-order valence-electron chi connectivity index (χ4n) is 1.75. The topological polar surface area (TPSA) is 55.1 Å². The summed E-state index contributed by atoms with van der Waals surface area (Å²) in [6.07, 6.45) is 3.29. The highest BCUT2D eigenvalue weighted by atomic mass is 32.2. The van der Waals surface area contributed by atoms with Gasteiger partial charge in [0.2, 0.25) is 5.91 Å². The summed E-state index contributed by atoms with van der Waals surface area (Å²) in [4.78, 5) is 12.9. The van der Waals surface area contributed by atoms with Crippen molar-refractivity contribution in [3.63, 3.8) is 0 Å². The largest absolute Gasteiger partial charge is 0.399 e. The number of hydrogen-bond donors (Lipinski definition) is 2. The minimum Gasteiger partial charge on any atom is -0.399 e. The molecule has 0 aliphatic carbocycles. The Labute approximate surface area is 129 Å². The first-order valence-corrected chi connectivity index (χ1v) is 7.72. The maximum atomic E-state index is 11.7. The average Bonchev–Trinajstić information content (AvgIpc) is 2.51. The molecular formula is C17H18N2OS. The smallest absolute Gasteiger partial charge is 0.244 e. The van der Waals surface area contributed by atoms with Gasteiger partial charge >= 0.3 is 0 Å². The van der Waals surface area contributed by atoms with E-state index in [9.17, 15) is 4.79 Å². The average molecular weight is 298 g/mol. The fraction of sp³-hybridized carbons (Fsp3) is 0.118. The van der Waals surface area contributed by atoms with Crippen LogP contribution in [-0.2, 0) is 4.79 Å². The van der Waals surface area contributed by atoms with Gasteiger partial charge in [-0.2, -0.15) is 0 Å². The Morgan fingerprint density at radius 3 is 2.71 bits per heavy atom. The fourth-order valence-corrected chi connectivity index (χ4v) is 2.54. The second kappa shape index (κ2) is 8.17. The lowest BCUT2D eigenvalue weighted by molar-refractivity contribution is -0.116. The third-order valence-corrected chi connectivity index (χ3v) is 3.76. The number of nitrogens with two attached hydrogens (primary N) is 1. The molecule has 0 unspecified atom stereocenters. The number of carbonyl (C=O) groups is 1. The first kappa shape index (κ1) is 15.2. The minimum atomic E-state index is -0.0916. The van der Waals surface area contributed by atoms with E-state index in [1.807, 2.05) is 42.5 Å². The molecule has 0 aliphatic heterocycles. The van der Waals surface area contributed by atoms with Crippen molar-refractivity contribution in [1.29, 1.82) is 0 Å². The number of benzene rings is 2. The predicted molar refractivity (Wildman–Crippen MR) is 90.1 cm³/mol. The molecule has 1 amide bonds. The van der Waals surface area contributed by atoms with Gasteiger partial charge in [0.15, 0.2) is 0 Å². The third-order valence-electron chi connectivity index (χ3n) is 2.75. The summed E-state index contributed by atoms with van der Waals surface area (Å²) >= 11 is 1.72. The van der Waals surface area contributed by atoms with Gasteiger partial charge in [0, 0.05) is 29.0 Å². The van der Waals surface area contributed by atoms with Crippen LogP contribution >= 0.6 is 11.8 Å². The molecule has 2 aromatic carbocycles. The van der Waals surface area contributed by atoms with E-state index >= 15 is 0 Å². The molecule has 0 radical (unpaired) electrons. The van der Waals surface area contributed by atoms with Gasteiger partial charge in [0.1, 0.15) is 0 Å². The Morgan fingerprint density at radius 1 is 1.14 bits per heavy atom. The summed E-state index contributed by atoms with van der Waals surface area (Å²) in [7, 11) is 0. The number of nitrogens with one attached hydrogen (secondary N) is 1. The minimum absolute atomic E-state index is 0.0916. The Hall–Kier alpha value is -2.20. The molecule has 3 nitrogen and oxygen atoms in total. The molecular weight excluding hydrogens is 280 g/mol. The van der Waals surface area contributed by atoms with Crippen LogP contribution in [-0.4, -0.2) is 18.2 Å². The maximum absolute atomic E-state index is 11.7. The molecule has 0 saturated heterocycles. The molecule has 2 aromatic rings. The molecule has 4 heteroatoms. The maximum Gasteiger partial charge on any atom is 0.244 e. The first-order valence-electron chi connectivity index (χ1n) is 6.73. The van der Waals surface area contributed by atoms with E-state index in [1.54, 1.807) is 17.8 Å². The Kier molecular flexibility index (Phi) is 5.91. The lowest BCUT2D eigenvalue weighted by Crippen LogP contribution is -2.23. The van der Waals surface area contributed by atoms with Crippen LogP contribution < -0.4 is 11.1 Å². The number of carbonyl (C=O) groups excluding carboxylic acids is 1. The molecule has 21 heavy (non-hydrogen) atoms. The monoisotopic (exact) mass is 298 g/mol. The first-order chi connectivity index (χ1) is 10.2. The summed E-state index contributed by atoms with van der Waals surface area (Å²) in [6.45, 7) is 0.639. The van der Waals surface area contributed by atoms with Crippen LogP contribution in [0, 0.1) is 0 Å². The molecule has 0 saturated carbocycles. The highest BCUT2D eigenvalue weighted by molar-refractivity contribution is 7.99. The summed E-state index contributed by atoms with van der Waals surface area (Å²) in [5.74, 6) is 0.757. The molecule has 0 fully saturated rings. The van der Waals surface area contributed by atoms with Gasteiger partial charge in [-0.25, -0.2) is 0 Å². The van der Waals surface area contributed by atoms with Crippen molar-refractivity contribution in [3.05, 3.63) is 66.2 Å². The van der Waals surface area contributed by atoms with E-state index in [0.29, 0.717) is 12.2 Å². The highest BCUT2D eigenvalue weighted by Gasteiger charge is 1.96. The standard InChI is InChI=1S/C17H18N2OS/c18-15-6-4-5-14(13-15)9-10-17(20)19-11-12-21-16-7-2-1-3-8-16/h1-10,13H,11-12,18H2,(H,19,20)/b10-9+. The second-order valence-electron chi connectivity index (χ2n) is 4.46. The Balaban J connectivity index is 1.70. The number of amides is 1. The van der Waals surface area contributed by atoms with Gasteiger partial charge in [0.25, 0.3) is 0 Å². The zero-order valence-corrected chi connectivity index (χ0v) is 12.5. The number of hydrogen-bond acceptors (Lipinski definition) is 3. The lowest BCUT2D eigenvalue weighted by Gasteiger charge is -2.02. The van der Waals surface area contributed by atoms with Gasteiger partial charge in [-0.15, -0.1) is 11.8 Å². The molecule has 3 N–H and O–H groups in total. The van der Waals surface area contributed by atoms with E-state index < -0.39 is 0 Å². The summed E-state index contributed by atoms with van der Waals surface area (Å²) in [5.41, 5.74) is 7.29. The Bertz CT molecular complexity index is 611. The molecule has 0 aliphatic rings. The molecule has 0 atom stereocenters. The number of anilines is 1. The van der Waals surface area contributed by atoms with Crippen molar-refractivity contribution in [2.24, 2.45) is 0 Å². The zero-order valence-electron chi connectivity index (χ0n) is 11.7. The van der Waals surface area contributed by atoms with E-state index in [1.165, 1.54) is 11.0 Å². The van der Waals surface area contributed by atoms with Gasteiger partial charge < -0.3 is 11.1 Å². The van der Waals surface area contributed by atoms with Crippen LogP contribution in [0.25, 0.3) is 6.08 Å². The highest BCUT2D eigenvalue weighted by Crippen LogP contribution is 2.15. The molecule has 0 aromatic heterocycles. The SMILES string of the molecule is Nc1cccc(/C=C/C(=O)NCCSc2ccccc2)c1. The van der Waals surface area contributed by atoms with Gasteiger partial charge in [-0.3, -0.25) is 4.79 Å². The van der Waals surface area contributed by atoms with Crippen molar-refractivity contribution in [1.82, 2.24) is 5.32 Å². The predicted octanol–water partition coefficient (Wildman–Crippen LogP) is 3.19. The molecule has 0 bridgehead atoms. The van der Waals surface area contributed by atoms with Crippen LogP contribution in [0.15, 0.2) is 65.6 Å². The quantitative estimate of drug-likeness (QED) is 0.373. The van der Waals surface area contributed by atoms with Gasteiger partial charge in [0.05, 0.1) is 0 Å². The van der Waals surface area contributed by atoms with E-state index in [2.05, 4.69) is 17.4 Å². The molecule has 108 valence electrons. The van der Waals surface area contributed by atoms with Gasteiger partial charge in [-0.1, -0.05) is 30.3 Å². The summed E-state index contributed by atoms with van der Waals surface area (Å²) in [6, 6.07) is 17.6. The van der Waals surface area contributed by atoms with Crippen LogP contribution in [0.4, 0.5) is 5.69 Å². The molecule has 0 spiro atoms. The summed E-state index contributed by atoms with van der Waals surface area (Å²) < 4.78 is 0. The third kappa shape index (κ3) is 5.75. The zero-order chi connectivity index (χ0) is 14.9. The summed E-state index contributed by atoms with van der Waals surface area (Å²) in [5, 5.41) is 2.86. The number of rotatable bonds is 6. The van der Waals surface area contributed by atoms with Crippen LogP contribution in [0.5, 0.6) is 0 Å². The van der Waals surface area contributed by atoms with Crippen LogP contribution in [0.2, 0.25) is 0 Å². The second-order valence-corrected chi connectivity index (χ2v) is 5.62. The van der Waals surface area contributed by atoms with E-state index in [4.69, 9.17) is 5.73 Å². The normalized spacial score (nSPS) is 10.7. The lowest BCUT2D eigenvalue weighted by atomic mass is 10.2. The van der Waals surface area contributed by atoms with E-state index in [0.717, 1.165) is 11.3 Å². The van der Waals surface area contributed by atoms with Crippen LogP contribution in [0.1, 0.15) is 5.56 Å². The van der Waals surface area contributed by atoms with E-state index in [-0.39, 0.29) is 5.91 Å². The van der Waals surface area contributed by atoms with Crippen molar-refractivity contribution in [2.45, 2.75) is 4.90 Å². The van der Waals surface area contributed by atoms with Crippen molar-refractivity contribution in [2.75, 3.05) is 18.0 Å². The van der Waals surface area contributed by atoms with Crippen molar-refractivity contribution < 1.29 is 4.79 Å². The van der Waals surface area contributed by atoms with Crippen LogP contribution in [0.3, 0.4) is 0 Å². The Morgan fingerprint density at radius 2 is 1.95 bits per heavy atom. The number of thioether (sulfide) groups is 1. The van der Waals surface area contributed by atoms with Gasteiger partial charge in [-0.05, 0) is 35.9 Å². The number of nitrogen functional groups attached to an aromatic ring is 1. The van der Waals surface area contributed by atoms with Crippen molar-refractivity contribution >= 4 is 29.4 Å². The molecule has 2 rings (SSSR count). The molecule has 0 heterocycles.